The van der Waals surface area contributed by atoms with Gasteiger partial charge in [0.15, 0.2) is 0 Å². The summed E-state index contributed by atoms with van der Waals surface area (Å²) in [7, 11) is 1.64. The van der Waals surface area contributed by atoms with E-state index in [2.05, 4.69) is 23.3 Å². The lowest BCUT2D eigenvalue weighted by Gasteiger charge is -2.13. The summed E-state index contributed by atoms with van der Waals surface area (Å²) in [5, 5.41) is 2.91. The SMILES string of the molecule is CCc1ccccc1Oc1ccc(NC(=O)c2ccc(C(C)OC)nc2C)cc1. The van der Waals surface area contributed by atoms with Crippen LogP contribution >= 0.6 is 0 Å². The Morgan fingerprint density at radius 1 is 1.07 bits per heavy atom. The number of nitrogens with one attached hydrogen (secondary N) is 1. The van der Waals surface area contributed by atoms with Gasteiger partial charge in [-0.3, -0.25) is 9.78 Å². The topological polar surface area (TPSA) is 60.5 Å². The maximum absolute atomic E-state index is 12.6. The predicted molar refractivity (Wildman–Crippen MR) is 115 cm³/mol. The lowest BCUT2D eigenvalue weighted by Crippen LogP contribution is -2.15. The third-order valence-electron chi connectivity index (χ3n) is 4.82. The second-order valence-corrected chi connectivity index (χ2v) is 6.79. The highest BCUT2D eigenvalue weighted by Gasteiger charge is 2.13. The Morgan fingerprint density at radius 3 is 2.45 bits per heavy atom. The summed E-state index contributed by atoms with van der Waals surface area (Å²) in [5.74, 6) is 1.37. The highest BCUT2D eigenvalue weighted by atomic mass is 16.5. The lowest BCUT2D eigenvalue weighted by atomic mass is 10.1. The number of para-hydroxylation sites is 1. The predicted octanol–water partition coefficient (Wildman–Crippen LogP) is 5.70. The quantitative estimate of drug-likeness (QED) is 0.562. The van der Waals surface area contributed by atoms with Gasteiger partial charge in [0.1, 0.15) is 11.5 Å². The summed E-state index contributed by atoms with van der Waals surface area (Å²) in [6.07, 6.45) is 0.788. The Kier molecular flexibility index (Phi) is 6.62. The molecule has 1 aromatic heterocycles. The molecular weight excluding hydrogens is 364 g/mol. The first-order chi connectivity index (χ1) is 14.0. The fourth-order valence-corrected chi connectivity index (χ4v) is 2.99. The van der Waals surface area contributed by atoms with Crippen molar-refractivity contribution in [1.82, 2.24) is 4.98 Å². The molecular formula is C24H26N2O3. The van der Waals surface area contributed by atoms with Gasteiger partial charge in [0.05, 0.1) is 23.1 Å². The molecule has 1 heterocycles. The van der Waals surface area contributed by atoms with Crippen molar-refractivity contribution in [3.63, 3.8) is 0 Å². The number of methoxy groups -OCH3 is 1. The number of anilines is 1. The van der Waals surface area contributed by atoms with E-state index in [1.165, 1.54) is 0 Å². The molecule has 150 valence electrons. The van der Waals surface area contributed by atoms with Gasteiger partial charge in [-0.15, -0.1) is 0 Å². The Bertz CT molecular complexity index is 984. The second kappa shape index (κ2) is 9.34. The van der Waals surface area contributed by atoms with Crippen LogP contribution in [0.1, 0.15) is 47.3 Å². The summed E-state index contributed by atoms with van der Waals surface area (Å²) in [6.45, 7) is 5.84. The summed E-state index contributed by atoms with van der Waals surface area (Å²) in [4.78, 5) is 17.1. The number of hydrogen-bond donors (Lipinski definition) is 1. The molecule has 2 aromatic carbocycles. The van der Waals surface area contributed by atoms with Crippen molar-refractivity contribution < 1.29 is 14.3 Å². The van der Waals surface area contributed by atoms with E-state index in [-0.39, 0.29) is 12.0 Å². The van der Waals surface area contributed by atoms with Crippen molar-refractivity contribution in [2.45, 2.75) is 33.3 Å². The molecule has 1 N–H and O–H groups in total. The number of nitrogens with zero attached hydrogens (tertiary/aromatic N) is 1. The molecule has 5 nitrogen and oxygen atoms in total. The van der Waals surface area contributed by atoms with E-state index >= 15 is 0 Å². The fraction of sp³-hybridized carbons (Fsp3) is 0.250. The number of carbonyl (C=O) groups is 1. The molecule has 0 bridgehead atoms. The molecule has 0 aliphatic heterocycles. The molecule has 3 rings (SSSR count). The van der Waals surface area contributed by atoms with Crippen LogP contribution in [0.2, 0.25) is 0 Å². The van der Waals surface area contributed by atoms with Crippen LogP contribution in [-0.4, -0.2) is 18.0 Å². The number of pyridine rings is 1. The minimum absolute atomic E-state index is 0.115. The zero-order valence-electron chi connectivity index (χ0n) is 17.2. The molecule has 0 aliphatic rings. The van der Waals surface area contributed by atoms with E-state index in [0.717, 1.165) is 29.2 Å². The largest absolute Gasteiger partial charge is 0.457 e. The maximum Gasteiger partial charge on any atom is 0.257 e. The van der Waals surface area contributed by atoms with Crippen LogP contribution in [0.4, 0.5) is 5.69 Å². The van der Waals surface area contributed by atoms with Crippen molar-refractivity contribution in [3.8, 4) is 11.5 Å². The number of carbonyl (C=O) groups excluding carboxylic acids is 1. The van der Waals surface area contributed by atoms with Gasteiger partial charge in [0.2, 0.25) is 0 Å². The van der Waals surface area contributed by atoms with Crippen molar-refractivity contribution in [3.05, 3.63) is 83.2 Å². The average Bonchev–Trinajstić information content (AvgIpc) is 2.74. The molecule has 1 amide bonds. The van der Waals surface area contributed by atoms with Crippen LogP contribution in [0.15, 0.2) is 60.7 Å². The van der Waals surface area contributed by atoms with Gasteiger partial charge in [0.25, 0.3) is 5.91 Å². The molecule has 1 unspecified atom stereocenters. The van der Waals surface area contributed by atoms with Crippen molar-refractivity contribution in [1.29, 1.82) is 0 Å². The highest BCUT2D eigenvalue weighted by Crippen LogP contribution is 2.27. The Labute approximate surface area is 171 Å². The first-order valence-corrected chi connectivity index (χ1v) is 9.69. The van der Waals surface area contributed by atoms with Crippen LogP contribution in [0.25, 0.3) is 0 Å². The van der Waals surface area contributed by atoms with E-state index in [9.17, 15) is 4.79 Å². The molecule has 0 radical (unpaired) electrons. The normalized spacial score (nSPS) is 11.7. The number of hydrogen-bond acceptors (Lipinski definition) is 4. The molecule has 0 saturated carbocycles. The molecule has 0 fully saturated rings. The Morgan fingerprint density at radius 2 is 1.79 bits per heavy atom. The molecule has 0 aliphatic carbocycles. The van der Waals surface area contributed by atoms with Crippen LogP contribution in [-0.2, 0) is 11.2 Å². The molecule has 0 spiro atoms. The summed E-state index contributed by atoms with van der Waals surface area (Å²) >= 11 is 0. The van der Waals surface area contributed by atoms with Gasteiger partial charge in [-0.25, -0.2) is 0 Å². The first-order valence-electron chi connectivity index (χ1n) is 9.69. The van der Waals surface area contributed by atoms with Crippen molar-refractivity contribution >= 4 is 11.6 Å². The van der Waals surface area contributed by atoms with E-state index < -0.39 is 0 Å². The lowest BCUT2D eigenvalue weighted by molar-refractivity contribution is 0.102. The van der Waals surface area contributed by atoms with E-state index in [0.29, 0.717) is 16.9 Å². The molecule has 5 heteroatoms. The maximum atomic E-state index is 12.6. The minimum atomic E-state index is -0.198. The number of aromatic nitrogens is 1. The first kappa shape index (κ1) is 20.6. The second-order valence-electron chi connectivity index (χ2n) is 6.79. The van der Waals surface area contributed by atoms with Gasteiger partial charge in [-0.05, 0) is 68.3 Å². The summed E-state index contributed by atoms with van der Waals surface area (Å²) in [5.41, 5.74) is 3.85. The number of amides is 1. The number of benzene rings is 2. The van der Waals surface area contributed by atoms with E-state index in [1.807, 2.05) is 62.4 Å². The minimum Gasteiger partial charge on any atom is -0.457 e. The van der Waals surface area contributed by atoms with Gasteiger partial charge in [0, 0.05) is 12.8 Å². The van der Waals surface area contributed by atoms with Crippen LogP contribution in [0.3, 0.4) is 0 Å². The third kappa shape index (κ3) is 5.00. The van der Waals surface area contributed by atoms with Gasteiger partial charge in [-0.1, -0.05) is 25.1 Å². The average molecular weight is 390 g/mol. The zero-order valence-corrected chi connectivity index (χ0v) is 17.2. The molecule has 29 heavy (non-hydrogen) atoms. The zero-order chi connectivity index (χ0) is 20.8. The molecule has 0 saturated heterocycles. The number of aryl methyl sites for hydroxylation is 2. The van der Waals surface area contributed by atoms with Gasteiger partial charge >= 0.3 is 0 Å². The summed E-state index contributed by atoms with van der Waals surface area (Å²) in [6, 6.07) is 18.9. The third-order valence-corrected chi connectivity index (χ3v) is 4.82. The van der Waals surface area contributed by atoms with Gasteiger partial charge in [-0.2, -0.15) is 0 Å². The summed E-state index contributed by atoms with van der Waals surface area (Å²) < 4.78 is 11.3. The van der Waals surface area contributed by atoms with Crippen LogP contribution < -0.4 is 10.1 Å². The number of ether oxygens (including phenoxy) is 2. The Hall–Kier alpha value is -3.18. The van der Waals surface area contributed by atoms with Gasteiger partial charge < -0.3 is 14.8 Å². The Balaban J connectivity index is 1.69. The van der Waals surface area contributed by atoms with Crippen molar-refractivity contribution in [2.75, 3.05) is 12.4 Å². The number of rotatable bonds is 7. The van der Waals surface area contributed by atoms with Crippen molar-refractivity contribution in [2.24, 2.45) is 0 Å². The smallest absolute Gasteiger partial charge is 0.257 e. The molecule has 1 atom stereocenters. The van der Waals surface area contributed by atoms with Crippen LogP contribution in [0, 0.1) is 6.92 Å². The monoisotopic (exact) mass is 390 g/mol. The molecule has 3 aromatic rings. The highest BCUT2D eigenvalue weighted by molar-refractivity contribution is 6.05. The van der Waals surface area contributed by atoms with E-state index in [4.69, 9.17) is 9.47 Å². The van der Waals surface area contributed by atoms with Crippen LogP contribution in [0.5, 0.6) is 11.5 Å². The van der Waals surface area contributed by atoms with E-state index in [1.54, 1.807) is 13.2 Å². The standard InChI is InChI=1S/C24H26N2O3/c1-5-18-8-6-7-9-23(18)29-20-12-10-19(11-13-20)26-24(27)21-14-15-22(17(3)28-4)25-16(21)2/h6-15,17H,5H2,1-4H3,(H,26,27). The fourth-order valence-electron chi connectivity index (χ4n) is 2.99.